The second-order valence-electron chi connectivity index (χ2n) is 5.22. The van der Waals surface area contributed by atoms with Crippen LogP contribution in [0, 0.1) is 0 Å². The maximum absolute atomic E-state index is 11.0. The second kappa shape index (κ2) is 5.48. The molecule has 0 saturated heterocycles. The number of nitrogens with one attached hydrogen (secondary N) is 1. The van der Waals surface area contributed by atoms with E-state index in [4.69, 9.17) is 5.73 Å². The van der Waals surface area contributed by atoms with E-state index in [1.54, 1.807) is 0 Å². The minimum Gasteiger partial charge on any atom is -0.383 e. The predicted molar refractivity (Wildman–Crippen MR) is 85.9 cm³/mol. The molecule has 2 aromatic heterocycles. The largest absolute Gasteiger partial charge is 0.383 e. The van der Waals surface area contributed by atoms with E-state index < -0.39 is 0 Å². The number of amides is 1. The summed E-state index contributed by atoms with van der Waals surface area (Å²) in [6.07, 6.45) is 3.46. The topological polar surface area (TPSA) is 85.8 Å². The monoisotopic (exact) mass is 295 g/mol. The summed E-state index contributed by atoms with van der Waals surface area (Å²) in [5.41, 5.74) is 9.86. The maximum atomic E-state index is 11.0. The Kier molecular flexibility index (Phi) is 3.50. The van der Waals surface area contributed by atoms with Gasteiger partial charge in [0, 0.05) is 32.3 Å². The molecular formula is C16H17N5O. The molecule has 0 aliphatic rings. The van der Waals surface area contributed by atoms with E-state index in [1.165, 1.54) is 13.3 Å². The van der Waals surface area contributed by atoms with Crippen LogP contribution in [0.15, 0.2) is 36.8 Å². The number of carbonyl (C=O) groups is 1. The number of aromatic nitrogens is 3. The van der Waals surface area contributed by atoms with Crippen LogP contribution in [-0.2, 0) is 18.4 Å². The first-order valence-corrected chi connectivity index (χ1v) is 6.95. The zero-order chi connectivity index (χ0) is 15.7. The van der Waals surface area contributed by atoms with Gasteiger partial charge in [-0.05, 0) is 17.2 Å². The number of hydrogen-bond donors (Lipinski definition) is 2. The highest BCUT2D eigenvalue weighted by molar-refractivity contribution is 6.00. The molecular weight excluding hydrogens is 278 g/mol. The summed E-state index contributed by atoms with van der Waals surface area (Å²) in [4.78, 5) is 19.4. The Hall–Kier alpha value is -2.89. The summed E-state index contributed by atoms with van der Waals surface area (Å²) in [7, 11) is 1.93. The van der Waals surface area contributed by atoms with Crippen LogP contribution in [0.25, 0.3) is 22.2 Å². The highest BCUT2D eigenvalue weighted by Crippen LogP contribution is 2.32. The molecule has 0 saturated carbocycles. The van der Waals surface area contributed by atoms with Crippen LogP contribution in [0.4, 0.5) is 5.82 Å². The molecule has 0 atom stereocenters. The number of nitrogen functional groups attached to an aromatic ring is 1. The van der Waals surface area contributed by atoms with Gasteiger partial charge in [-0.1, -0.05) is 18.2 Å². The Morgan fingerprint density at radius 2 is 2.18 bits per heavy atom. The number of anilines is 1. The van der Waals surface area contributed by atoms with Crippen LogP contribution >= 0.6 is 0 Å². The fourth-order valence-corrected chi connectivity index (χ4v) is 2.53. The number of carbonyl (C=O) groups excluding carboxylic acids is 1. The Labute approximate surface area is 128 Å². The van der Waals surface area contributed by atoms with Gasteiger partial charge in [-0.15, -0.1) is 0 Å². The first kappa shape index (κ1) is 14.1. The molecule has 1 aromatic carbocycles. The normalized spacial score (nSPS) is 10.8. The highest BCUT2D eigenvalue weighted by Gasteiger charge is 2.13. The van der Waals surface area contributed by atoms with Crippen molar-refractivity contribution in [1.29, 1.82) is 0 Å². The van der Waals surface area contributed by atoms with Gasteiger partial charge in [0.15, 0.2) is 0 Å². The molecule has 3 aromatic rings. The summed E-state index contributed by atoms with van der Waals surface area (Å²) in [5, 5.41) is 3.65. The van der Waals surface area contributed by atoms with Gasteiger partial charge in [0.25, 0.3) is 0 Å². The molecule has 3 N–H and O–H groups in total. The van der Waals surface area contributed by atoms with Crippen molar-refractivity contribution < 1.29 is 4.79 Å². The standard InChI is InChI=1S/C16H17N5O/c1-10(22)18-7-11-4-3-5-12(6-11)13-8-21(2)16-14(13)15(17)19-9-20-16/h3-6,8-9H,7H2,1-2H3,(H,18,22)(H2,17,19,20). The van der Waals surface area contributed by atoms with Gasteiger partial charge in [-0.3, -0.25) is 4.79 Å². The van der Waals surface area contributed by atoms with Gasteiger partial charge < -0.3 is 15.6 Å². The molecule has 6 nitrogen and oxygen atoms in total. The van der Waals surface area contributed by atoms with Crippen LogP contribution in [0.3, 0.4) is 0 Å². The van der Waals surface area contributed by atoms with Crippen molar-refractivity contribution in [3.63, 3.8) is 0 Å². The Bertz CT molecular complexity index is 853. The first-order chi connectivity index (χ1) is 10.6. The van der Waals surface area contributed by atoms with Crippen LogP contribution < -0.4 is 11.1 Å². The van der Waals surface area contributed by atoms with E-state index in [1.807, 2.05) is 42.1 Å². The number of nitrogens with zero attached hydrogens (tertiary/aromatic N) is 3. The molecule has 6 heteroatoms. The zero-order valence-corrected chi connectivity index (χ0v) is 12.5. The molecule has 0 bridgehead atoms. The van der Waals surface area contributed by atoms with Gasteiger partial charge in [-0.25, -0.2) is 9.97 Å². The van der Waals surface area contributed by atoms with E-state index in [2.05, 4.69) is 15.3 Å². The smallest absolute Gasteiger partial charge is 0.217 e. The lowest BCUT2D eigenvalue weighted by atomic mass is 10.0. The van der Waals surface area contributed by atoms with Crippen LogP contribution in [-0.4, -0.2) is 20.4 Å². The number of nitrogens with two attached hydrogens (primary N) is 1. The quantitative estimate of drug-likeness (QED) is 0.772. The molecule has 22 heavy (non-hydrogen) atoms. The number of rotatable bonds is 3. The lowest BCUT2D eigenvalue weighted by Crippen LogP contribution is -2.18. The van der Waals surface area contributed by atoms with Crippen molar-refractivity contribution >= 4 is 22.8 Å². The highest BCUT2D eigenvalue weighted by atomic mass is 16.1. The average Bonchev–Trinajstić information content (AvgIpc) is 2.84. The van der Waals surface area contributed by atoms with E-state index in [9.17, 15) is 4.79 Å². The number of fused-ring (bicyclic) bond motifs is 1. The third-order valence-corrected chi connectivity index (χ3v) is 3.56. The molecule has 2 heterocycles. The Morgan fingerprint density at radius 1 is 1.36 bits per heavy atom. The molecule has 3 rings (SSSR count). The molecule has 112 valence electrons. The molecule has 0 fully saturated rings. The van der Waals surface area contributed by atoms with Crippen LogP contribution in [0.5, 0.6) is 0 Å². The summed E-state index contributed by atoms with van der Waals surface area (Å²) in [5.74, 6) is 0.418. The molecule has 0 aliphatic heterocycles. The minimum absolute atomic E-state index is 0.0480. The van der Waals surface area contributed by atoms with Crippen LogP contribution in [0.1, 0.15) is 12.5 Å². The van der Waals surface area contributed by atoms with Crippen molar-refractivity contribution in [3.05, 3.63) is 42.4 Å². The lowest BCUT2D eigenvalue weighted by Gasteiger charge is -2.06. The predicted octanol–water partition coefficient (Wildman–Crippen LogP) is 1.85. The SMILES string of the molecule is CC(=O)NCc1cccc(-c2cn(C)c3ncnc(N)c23)c1. The Balaban J connectivity index is 2.08. The van der Waals surface area contributed by atoms with E-state index in [0.29, 0.717) is 12.4 Å². The molecule has 0 radical (unpaired) electrons. The number of benzene rings is 1. The first-order valence-electron chi connectivity index (χ1n) is 6.95. The fraction of sp³-hybridized carbons (Fsp3) is 0.188. The van der Waals surface area contributed by atoms with Crippen molar-refractivity contribution in [2.24, 2.45) is 7.05 Å². The molecule has 0 unspecified atom stereocenters. The van der Waals surface area contributed by atoms with Gasteiger partial charge >= 0.3 is 0 Å². The van der Waals surface area contributed by atoms with E-state index in [-0.39, 0.29) is 5.91 Å². The Morgan fingerprint density at radius 3 is 2.95 bits per heavy atom. The minimum atomic E-state index is -0.0480. The number of aryl methyl sites for hydroxylation is 1. The van der Waals surface area contributed by atoms with Gasteiger partial charge in [0.05, 0.1) is 5.39 Å². The molecule has 0 aliphatic carbocycles. The van der Waals surface area contributed by atoms with Crippen molar-refractivity contribution in [3.8, 4) is 11.1 Å². The summed E-state index contributed by atoms with van der Waals surface area (Å²) in [6, 6.07) is 7.99. The average molecular weight is 295 g/mol. The van der Waals surface area contributed by atoms with E-state index >= 15 is 0 Å². The summed E-state index contributed by atoms with van der Waals surface area (Å²) < 4.78 is 1.93. The van der Waals surface area contributed by atoms with Crippen molar-refractivity contribution in [2.75, 3.05) is 5.73 Å². The molecule has 0 spiro atoms. The van der Waals surface area contributed by atoms with Gasteiger partial charge in [0.2, 0.25) is 5.91 Å². The number of hydrogen-bond acceptors (Lipinski definition) is 4. The maximum Gasteiger partial charge on any atom is 0.217 e. The third kappa shape index (κ3) is 2.50. The fourth-order valence-electron chi connectivity index (χ4n) is 2.53. The van der Waals surface area contributed by atoms with Crippen molar-refractivity contribution in [1.82, 2.24) is 19.9 Å². The van der Waals surface area contributed by atoms with Crippen molar-refractivity contribution in [2.45, 2.75) is 13.5 Å². The van der Waals surface area contributed by atoms with E-state index in [0.717, 1.165) is 27.7 Å². The summed E-state index contributed by atoms with van der Waals surface area (Å²) >= 11 is 0. The second-order valence-corrected chi connectivity index (χ2v) is 5.22. The zero-order valence-electron chi connectivity index (χ0n) is 12.5. The van der Waals surface area contributed by atoms with Crippen LogP contribution in [0.2, 0.25) is 0 Å². The van der Waals surface area contributed by atoms with Gasteiger partial charge in [-0.2, -0.15) is 0 Å². The lowest BCUT2D eigenvalue weighted by molar-refractivity contribution is -0.119. The van der Waals surface area contributed by atoms with Gasteiger partial charge in [0.1, 0.15) is 17.8 Å². The summed E-state index contributed by atoms with van der Waals surface area (Å²) in [6.45, 7) is 2.01. The molecule has 1 amide bonds. The third-order valence-electron chi connectivity index (χ3n) is 3.56.